The first-order valence-corrected chi connectivity index (χ1v) is 9.16. The van der Waals surface area contributed by atoms with E-state index in [1.54, 1.807) is 22.7 Å². The first-order chi connectivity index (χ1) is 10.3. The van der Waals surface area contributed by atoms with Crippen LogP contribution in [0, 0.1) is 0 Å². The van der Waals surface area contributed by atoms with Crippen LogP contribution in [0.3, 0.4) is 0 Å². The highest BCUT2D eigenvalue weighted by molar-refractivity contribution is 7.18. The van der Waals surface area contributed by atoms with E-state index in [9.17, 15) is 0 Å². The molecular weight excluding hydrogens is 320 g/mol. The molecule has 1 aromatic carbocycles. The second-order valence-electron chi connectivity index (χ2n) is 5.33. The van der Waals surface area contributed by atoms with E-state index in [4.69, 9.17) is 16.6 Å². The van der Waals surface area contributed by atoms with E-state index >= 15 is 0 Å². The topological polar surface area (TPSA) is 24.9 Å². The van der Waals surface area contributed by atoms with Crippen LogP contribution in [0.2, 0.25) is 4.34 Å². The minimum atomic E-state index is 0.421. The Morgan fingerprint density at radius 3 is 3.10 bits per heavy atom. The van der Waals surface area contributed by atoms with Gasteiger partial charge in [-0.3, -0.25) is 0 Å². The molecule has 0 saturated carbocycles. The van der Waals surface area contributed by atoms with Crippen LogP contribution < -0.4 is 5.32 Å². The molecule has 2 nitrogen and oxygen atoms in total. The highest BCUT2D eigenvalue weighted by Gasteiger charge is 2.22. The van der Waals surface area contributed by atoms with E-state index in [1.807, 2.05) is 6.07 Å². The Bertz CT molecular complexity index is 745. The van der Waals surface area contributed by atoms with Crippen molar-refractivity contribution in [1.29, 1.82) is 0 Å². The molecule has 2 aromatic heterocycles. The zero-order valence-electron chi connectivity index (χ0n) is 11.4. The third-order valence-electron chi connectivity index (χ3n) is 3.92. The molecule has 0 bridgehead atoms. The summed E-state index contributed by atoms with van der Waals surface area (Å²) in [6, 6.07) is 10.9. The molecule has 0 radical (unpaired) electrons. The predicted octanol–water partition coefficient (Wildman–Crippen LogP) is 5.18. The number of thiazole rings is 1. The Hall–Kier alpha value is -0.940. The standard InChI is InChI=1S/C16H15ClN2S2/c17-15-8-10-11(5-3-7-13(10)20-15)18-9-16-19-12-4-1-2-6-14(12)21-16/h1-2,4,6,8,11,18H,3,5,7,9H2. The summed E-state index contributed by atoms with van der Waals surface area (Å²) in [5.74, 6) is 0. The van der Waals surface area contributed by atoms with Gasteiger partial charge in [0, 0.05) is 17.5 Å². The molecular formula is C16H15ClN2S2. The van der Waals surface area contributed by atoms with Crippen molar-refractivity contribution >= 4 is 44.5 Å². The first-order valence-electron chi connectivity index (χ1n) is 7.15. The molecule has 108 valence electrons. The summed E-state index contributed by atoms with van der Waals surface area (Å²) >= 11 is 9.67. The van der Waals surface area contributed by atoms with Crippen molar-refractivity contribution in [2.24, 2.45) is 0 Å². The van der Waals surface area contributed by atoms with Gasteiger partial charge < -0.3 is 5.32 Å². The molecule has 0 amide bonds. The SMILES string of the molecule is Clc1cc2c(s1)CCCC2NCc1nc2ccccc2s1. The van der Waals surface area contributed by atoms with E-state index in [0.717, 1.165) is 21.4 Å². The lowest BCUT2D eigenvalue weighted by Crippen LogP contribution is -2.23. The number of nitrogens with one attached hydrogen (secondary N) is 1. The lowest BCUT2D eigenvalue weighted by Gasteiger charge is -2.23. The summed E-state index contributed by atoms with van der Waals surface area (Å²) in [4.78, 5) is 6.14. The van der Waals surface area contributed by atoms with Gasteiger partial charge in [-0.05, 0) is 43.0 Å². The Balaban J connectivity index is 1.52. The minimum absolute atomic E-state index is 0.421. The van der Waals surface area contributed by atoms with Gasteiger partial charge in [0.05, 0.1) is 14.6 Å². The number of rotatable bonds is 3. The maximum atomic E-state index is 6.17. The fraction of sp³-hybridized carbons (Fsp3) is 0.312. The van der Waals surface area contributed by atoms with Crippen molar-refractivity contribution < 1.29 is 0 Å². The summed E-state index contributed by atoms with van der Waals surface area (Å²) in [5.41, 5.74) is 2.50. The van der Waals surface area contributed by atoms with Crippen LogP contribution >= 0.6 is 34.3 Å². The smallest absolute Gasteiger partial charge is 0.108 e. The second kappa shape index (κ2) is 5.69. The average molecular weight is 335 g/mol. The van der Waals surface area contributed by atoms with Crippen LogP contribution in [0.25, 0.3) is 10.2 Å². The first kappa shape index (κ1) is 13.7. The molecule has 0 spiro atoms. The van der Waals surface area contributed by atoms with Crippen LogP contribution in [0.15, 0.2) is 30.3 Å². The zero-order valence-corrected chi connectivity index (χ0v) is 13.8. The van der Waals surface area contributed by atoms with Gasteiger partial charge in [-0.25, -0.2) is 4.98 Å². The number of para-hydroxylation sites is 1. The summed E-state index contributed by atoms with van der Waals surface area (Å²) < 4.78 is 2.17. The maximum Gasteiger partial charge on any atom is 0.108 e. The Kier molecular flexibility index (Phi) is 3.71. The van der Waals surface area contributed by atoms with Crippen LogP contribution in [-0.2, 0) is 13.0 Å². The molecule has 0 saturated heterocycles. The van der Waals surface area contributed by atoms with Gasteiger partial charge >= 0.3 is 0 Å². The third-order valence-corrected chi connectivity index (χ3v) is 6.30. The average Bonchev–Trinajstić information content (AvgIpc) is 3.06. The van der Waals surface area contributed by atoms with E-state index < -0.39 is 0 Å². The van der Waals surface area contributed by atoms with Crippen LogP contribution in [0.1, 0.15) is 34.3 Å². The number of hydrogen-bond acceptors (Lipinski definition) is 4. The van der Waals surface area contributed by atoms with Crippen LogP contribution in [-0.4, -0.2) is 4.98 Å². The number of benzene rings is 1. The largest absolute Gasteiger partial charge is 0.304 e. The predicted molar refractivity (Wildman–Crippen MR) is 91.5 cm³/mol. The number of aryl methyl sites for hydroxylation is 1. The number of halogens is 1. The fourth-order valence-corrected chi connectivity index (χ4v) is 5.24. The minimum Gasteiger partial charge on any atom is -0.304 e. The molecule has 1 atom stereocenters. The Morgan fingerprint density at radius 2 is 2.19 bits per heavy atom. The number of nitrogens with zero attached hydrogens (tertiary/aromatic N) is 1. The van der Waals surface area contributed by atoms with E-state index in [2.05, 4.69) is 29.6 Å². The van der Waals surface area contributed by atoms with Gasteiger partial charge in [0.25, 0.3) is 0 Å². The summed E-state index contributed by atoms with van der Waals surface area (Å²) in [5, 5.41) is 4.82. The van der Waals surface area contributed by atoms with E-state index in [0.29, 0.717) is 6.04 Å². The van der Waals surface area contributed by atoms with Gasteiger partial charge in [0.15, 0.2) is 0 Å². The molecule has 1 unspecified atom stereocenters. The molecule has 5 heteroatoms. The lowest BCUT2D eigenvalue weighted by molar-refractivity contribution is 0.463. The number of aromatic nitrogens is 1. The van der Waals surface area contributed by atoms with Crippen molar-refractivity contribution in [2.75, 3.05) is 0 Å². The Morgan fingerprint density at radius 1 is 1.29 bits per heavy atom. The van der Waals surface area contributed by atoms with Crippen molar-refractivity contribution in [3.63, 3.8) is 0 Å². The molecule has 1 aliphatic rings. The molecule has 0 aliphatic heterocycles. The zero-order chi connectivity index (χ0) is 14.2. The number of fused-ring (bicyclic) bond motifs is 2. The molecule has 2 heterocycles. The van der Waals surface area contributed by atoms with Gasteiger partial charge in [-0.2, -0.15) is 0 Å². The van der Waals surface area contributed by atoms with Gasteiger partial charge in [-0.1, -0.05) is 23.7 Å². The van der Waals surface area contributed by atoms with Crippen molar-refractivity contribution in [3.05, 3.63) is 50.1 Å². The molecule has 4 rings (SSSR count). The number of hydrogen-bond donors (Lipinski definition) is 1. The van der Waals surface area contributed by atoms with Crippen molar-refractivity contribution in [1.82, 2.24) is 10.3 Å². The summed E-state index contributed by atoms with van der Waals surface area (Å²) in [7, 11) is 0. The van der Waals surface area contributed by atoms with Gasteiger partial charge in [-0.15, -0.1) is 22.7 Å². The van der Waals surface area contributed by atoms with Gasteiger partial charge in [0.2, 0.25) is 0 Å². The monoisotopic (exact) mass is 334 g/mol. The molecule has 1 N–H and O–H groups in total. The quantitative estimate of drug-likeness (QED) is 0.714. The van der Waals surface area contributed by atoms with E-state index in [1.165, 1.54) is 34.4 Å². The second-order valence-corrected chi connectivity index (χ2v) is 8.21. The van der Waals surface area contributed by atoms with Crippen LogP contribution in [0.5, 0.6) is 0 Å². The lowest BCUT2D eigenvalue weighted by atomic mass is 9.94. The van der Waals surface area contributed by atoms with E-state index in [-0.39, 0.29) is 0 Å². The Labute approximate surface area is 136 Å². The maximum absolute atomic E-state index is 6.17. The van der Waals surface area contributed by atoms with Crippen molar-refractivity contribution in [2.45, 2.75) is 31.8 Å². The summed E-state index contributed by atoms with van der Waals surface area (Å²) in [6.07, 6.45) is 3.60. The highest BCUT2D eigenvalue weighted by Crippen LogP contribution is 2.38. The molecule has 1 aliphatic carbocycles. The third kappa shape index (κ3) is 2.73. The highest BCUT2D eigenvalue weighted by atomic mass is 35.5. The molecule has 21 heavy (non-hydrogen) atoms. The molecule has 0 fully saturated rings. The normalized spacial score (nSPS) is 18.0. The molecule has 3 aromatic rings. The summed E-state index contributed by atoms with van der Waals surface area (Å²) in [6.45, 7) is 0.830. The van der Waals surface area contributed by atoms with Crippen LogP contribution in [0.4, 0.5) is 0 Å². The van der Waals surface area contributed by atoms with Crippen molar-refractivity contribution in [3.8, 4) is 0 Å². The number of thiophene rings is 1. The fourth-order valence-electron chi connectivity index (χ4n) is 2.94. The van der Waals surface area contributed by atoms with Gasteiger partial charge in [0.1, 0.15) is 5.01 Å².